The van der Waals surface area contributed by atoms with Crippen molar-refractivity contribution in [3.05, 3.63) is 29.3 Å². The monoisotopic (exact) mass is 248 g/mol. The van der Waals surface area contributed by atoms with Gasteiger partial charge < -0.3 is 9.47 Å². The van der Waals surface area contributed by atoms with Gasteiger partial charge in [-0.25, -0.2) is 0 Å². The van der Waals surface area contributed by atoms with Gasteiger partial charge >= 0.3 is 0 Å². The molecule has 2 atom stereocenters. The Morgan fingerprint density at radius 2 is 2.06 bits per heavy atom. The molecule has 0 radical (unpaired) electrons. The summed E-state index contributed by atoms with van der Waals surface area (Å²) >= 11 is 0. The summed E-state index contributed by atoms with van der Waals surface area (Å²) in [6.07, 6.45) is 5.49. The number of epoxide rings is 1. The Labute approximate surface area is 110 Å². The Bertz CT molecular complexity index is 387. The molecule has 2 rings (SSSR count). The van der Waals surface area contributed by atoms with Crippen LogP contribution in [-0.4, -0.2) is 18.8 Å². The van der Waals surface area contributed by atoms with Crippen molar-refractivity contribution >= 4 is 0 Å². The van der Waals surface area contributed by atoms with Crippen LogP contribution >= 0.6 is 0 Å². The number of hydrogen-bond donors (Lipinski definition) is 0. The first-order valence-corrected chi connectivity index (χ1v) is 7.12. The smallest absolute Gasteiger partial charge is 0.119 e. The Hall–Kier alpha value is -1.02. The predicted octanol–water partition coefficient (Wildman–Crippen LogP) is 3.89. The van der Waals surface area contributed by atoms with E-state index in [1.54, 1.807) is 0 Å². The summed E-state index contributed by atoms with van der Waals surface area (Å²) in [4.78, 5) is 0. The molecule has 0 N–H and O–H groups in total. The van der Waals surface area contributed by atoms with Crippen molar-refractivity contribution in [2.45, 2.75) is 58.7 Å². The Morgan fingerprint density at radius 1 is 1.22 bits per heavy atom. The summed E-state index contributed by atoms with van der Waals surface area (Å²) in [5.74, 6) is 0.993. The largest absolute Gasteiger partial charge is 0.494 e. The fourth-order valence-corrected chi connectivity index (χ4v) is 2.35. The zero-order chi connectivity index (χ0) is 13.0. The Balaban J connectivity index is 1.85. The molecule has 18 heavy (non-hydrogen) atoms. The molecule has 0 aromatic heterocycles. The molecule has 2 unspecified atom stereocenters. The zero-order valence-corrected chi connectivity index (χ0v) is 11.7. The fraction of sp³-hybridized carbons (Fsp3) is 0.625. The van der Waals surface area contributed by atoms with Crippen LogP contribution < -0.4 is 4.74 Å². The number of rotatable bonds is 7. The highest BCUT2D eigenvalue weighted by Crippen LogP contribution is 2.30. The van der Waals surface area contributed by atoms with E-state index in [-0.39, 0.29) is 0 Å². The van der Waals surface area contributed by atoms with Gasteiger partial charge in [-0.15, -0.1) is 0 Å². The third kappa shape index (κ3) is 3.49. The van der Waals surface area contributed by atoms with Crippen LogP contribution in [0.25, 0.3) is 0 Å². The van der Waals surface area contributed by atoms with E-state index in [0.29, 0.717) is 12.2 Å². The van der Waals surface area contributed by atoms with Gasteiger partial charge in [-0.05, 0) is 55.9 Å². The van der Waals surface area contributed by atoms with E-state index in [0.717, 1.165) is 38.0 Å². The van der Waals surface area contributed by atoms with Crippen LogP contribution in [0.1, 0.15) is 44.2 Å². The standard InChI is InChI=1S/C16H24O2/c1-4-10-17-14-8-6-13(12(3)11-14)7-9-16-15(5-2)18-16/h6,8,11,15-16H,4-5,7,9-10H2,1-3H3. The van der Waals surface area contributed by atoms with Crippen LogP contribution in [0.3, 0.4) is 0 Å². The third-order valence-electron chi connectivity index (χ3n) is 3.58. The normalized spacial score (nSPS) is 21.9. The van der Waals surface area contributed by atoms with Gasteiger partial charge in [0.15, 0.2) is 0 Å². The molecule has 0 spiro atoms. The van der Waals surface area contributed by atoms with Gasteiger partial charge in [0.1, 0.15) is 5.75 Å². The first-order chi connectivity index (χ1) is 8.74. The molecule has 2 nitrogen and oxygen atoms in total. The lowest BCUT2D eigenvalue weighted by molar-refractivity contribution is 0.317. The van der Waals surface area contributed by atoms with Crippen LogP contribution in [0.5, 0.6) is 5.75 Å². The molecule has 1 aliphatic rings. The van der Waals surface area contributed by atoms with Crippen LogP contribution in [0.2, 0.25) is 0 Å². The van der Waals surface area contributed by atoms with Crippen molar-refractivity contribution in [2.75, 3.05) is 6.61 Å². The molecule has 1 saturated heterocycles. The van der Waals surface area contributed by atoms with Gasteiger partial charge in [0.2, 0.25) is 0 Å². The molecular weight excluding hydrogens is 224 g/mol. The SMILES string of the molecule is CCCOc1ccc(CCC2OC2CC)c(C)c1. The van der Waals surface area contributed by atoms with E-state index < -0.39 is 0 Å². The lowest BCUT2D eigenvalue weighted by Crippen LogP contribution is -1.99. The van der Waals surface area contributed by atoms with E-state index in [2.05, 4.69) is 39.0 Å². The van der Waals surface area contributed by atoms with Gasteiger partial charge in [0.05, 0.1) is 18.8 Å². The van der Waals surface area contributed by atoms with Gasteiger partial charge in [0.25, 0.3) is 0 Å². The minimum absolute atomic E-state index is 0.505. The van der Waals surface area contributed by atoms with E-state index in [4.69, 9.17) is 9.47 Å². The summed E-state index contributed by atoms with van der Waals surface area (Å²) in [5, 5.41) is 0. The van der Waals surface area contributed by atoms with E-state index in [1.807, 2.05) is 0 Å². The lowest BCUT2D eigenvalue weighted by atomic mass is 10.0. The van der Waals surface area contributed by atoms with E-state index in [1.165, 1.54) is 11.1 Å². The molecule has 0 amide bonds. The van der Waals surface area contributed by atoms with Gasteiger partial charge in [-0.2, -0.15) is 0 Å². The molecular formula is C16H24O2. The summed E-state index contributed by atoms with van der Waals surface area (Å²) < 4.78 is 11.2. The molecule has 1 fully saturated rings. The number of aryl methyl sites for hydroxylation is 2. The van der Waals surface area contributed by atoms with Crippen molar-refractivity contribution in [3.63, 3.8) is 0 Å². The summed E-state index contributed by atoms with van der Waals surface area (Å²) in [7, 11) is 0. The average Bonchev–Trinajstić information content (AvgIpc) is 3.14. The van der Waals surface area contributed by atoms with Crippen LogP contribution in [0.15, 0.2) is 18.2 Å². The van der Waals surface area contributed by atoms with E-state index in [9.17, 15) is 0 Å². The quantitative estimate of drug-likeness (QED) is 0.683. The summed E-state index contributed by atoms with van der Waals surface area (Å²) in [6.45, 7) is 7.28. The molecule has 1 aromatic rings. The second-order valence-electron chi connectivity index (χ2n) is 5.10. The fourth-order valence-electron chi connectivity index (χ4n) is 2.35. The minimum atomic E-state index is 0.505. The highest BCUT2D eigenvalue weighted by molar-refractivity contribution is 5.35. The van der Waals surface area contributed by atoms with Gasteiger partial charge in [0, 0.05) is 0 Å². The summed E-state index contributed by atoms with van der Waals surface area (Å²) in [6, 6.07) is 6.43. The molecule has 2 heteroatoms. The third-order valence-corrected chi connectivity index (χ3v) is 3.58. The van der Waals surface area contributed by atoms with Crippen molar-refractivity contribution in [3.8, 4) is 5.75 Å². The maximum absolute atomic E-state index is 5.64. The van der Waals surface area contributed by atoms with Crippen LogP contribution in [0.4, 0.5) is 0 Å². The van der Waals surface area contributed by atoms with Gasteiger partial charge in [-0.3, -0.25) is 0 Å². The molecule has 0 saturated carbocycles. The van der Waals surface area contributed by atoms with Crippen molar-refractivity contribution < 1.29 is 9.47 Å². The Morgan fingerprint density at radius 3 is 2.67 bits per heavy atom. The number of hydrogen-bond acceptors (Lipinski definition) is 2. The summed E-state index contributed by atoms with van der Waals surface area (Å²) in [5.41, 5.74) is 2.75. The molecule has 1 heterocycles. The first kappa shape index (κ1) is 13.4. The number of benzene rings is 1. The van der Waals surface area contributed by atoms with Crippen molar-refractivity contribution in [1.29, 1.82) is 0 Å². The van der Waals surface area contributed by atoms with Crippen molar-refractivity contribution in [2.24, 2.45) is 0 Å². The highest BCUT2D eigenvalue weighted by atomic mass is 16.6. The second-order valence-corrected chi connectivity index (χ2v) is 5.10. The second kappa shape index (κ2) is 6.24. The molecule has 1 aromatic carbocycles. The average molecular weight is 248 g/mol. The predicted molar refractivity (Wildman–Crippen MR) is 74.2 cm³/mol. The van der Waals surface area contributed by atoms with Crippen molar-refractivity contribution in [1.82, 2.24) is 0 Å². The lowest BCUT2D eigenvalue weighted by Gasteiger charge is -2.09. The molecule has 0 aliphatic carbocycles. The Kier molecular flexibility index (Phi) is 4.65. The minimum Gasteiger partial charge on any atom is -0.494 e. The van der Waals surface area contributed by atoms with Crippen LogP contribution in [-0.2, 0) is 11.2 Å². The topological polar surface area (TPSA) is 21.8 Å². The number of ether oxygens (including phenoxy) is 2. The van der Waals surface area contributed by atoms with E-state index >= 15 is 0 Å². The first-order valence-electron chi connectivity index (χ1n) is 7.12. The molecule has 100 valence electrons. The van der Waals surface area contributed by atoms with Crippen LogP contribution in [0, 0.1) is 6.92 Å². The van der Waals surface area contributed by atoms with Gasteiger partial charge in [-0.1, -0.05) is 19.9 Å². The highest BCUT2D eigenvalue weighted by Gasteiger charge is 2.36. The molecule has 0 bridgehead atoms. The maximum atomic E-state index is 5.64. The maximum Gasteiger partial charge on any atom is 0.119 e. The zero-order valence-electron chi connectivity index (χ0n) is 11.7. The molecule has 1 aliphatic heterocycles.